The molecule has 0 bridgehead atoms. The van der Waals surface area contributed by atoms with Gasteiger partial charge in [0, 0.05) is 12.6 Å². The predicted octanol–water partition coefficient (Wildman–Crippen LogP) is 2.74. The van der Waals surface area contributed by atoms with Crippen molar-refractivity contribution < 1.29 is 4.79 Å². The van der Waals surface area contributed by atoms with Crippen molar-refractivity contribution in [2.24, 2.45) is 5.41 Å². The molecule has 0 aromatic carbocycles. The van der Waals surface area contributed by atoms with Crippen molar-refractivity contribution in [1.29, 1.82) is 0 Å². The highest BCUT2D eigenvalue weighted by Crippen LogP contribution is 2.39. The first-order valence-electron chi connectivity index (χ1n) is 6.09. The molecule has 2 heterocycles. The molecule has 0 aliphatic carbocycles. The standard InChI is InChI=1S/C13H21NO/c1-3-8-13(2)9-7-11-6-4-5-10-14(11)12(13)15/h3,11H,1,4-10H2,2H3/t11-,13-/m0/s1. The Labute approximate surface area is 92.3 Å². The second-order valence-corrected chi connectivity index (χ2v) is 5.24. The number of nitrogens with zero attached hydrogens (tertiary/aromatic N) is 1. The Balaban J connectivity index is 2.14. The zero-order valence-electron chi connectivity index (χ0n) is 9.67. The number of fused-ring (bicyclic) bond motifs is 1. The molecule has 0 saturated carbocycles. The van der Waals surface area contributed by atoms with E-state index in [2.05, 4.69) is 18.4 Å². The van der Waals surface area contributed by atoms with Gasteiger partial charge in [-0.15, -0.1) is 6.58 Å². The minimum atomic E-state index is -0.157. The molecule has 0 spiro atoms. The van der Waals surface area contributed by atoms with Gasteiger partial charge in [-0.05, 0) is 38.5 Å². The first-order valence-corrected chi connectivity index (χ1v) is 6.09. The average molecular weight is 207 g/mol. The first kappa shape index (κ1) is 10.7. The summed E-state index contributed by atoms with van der Waals surface area (Å²) >= 11 is 0. The van der Waals surface area contributed by atoms with Crippen LogP contribution in [0.1, 0.15) is 45.4 Å². The summed E-state index contributed by atoms with van der Waals surface area (Å²) in [5.74, 6) is 0.373. The zero-order valence-corrected chi connectivity index (χ0v) is 9.67. The van der Waals surface area contributed by atoms with E-state index in [9.17, 15) is 4.79 Å². The van der Waals surface area contributed by atoms with Crippen molar-refractivity contribution >= 4 is 5.91 Å². The van der Waals surface area contributed by atoms with E-state index in [1.807, 2.05) is 6.08 Å². The molecule has 2 aliphatic heterocycles. The fourth-order valence-electron chi connectivity index (χ4n) is 3.01. The summed E-state index contributed by atoms with van der Waals surface area (Å²) in [6.07, 6.45) is 8.65. The molecule has 0 unspecified atom stereocenters. The van der Waals surface area contributed by atoms with Crippen LogP contribution >= 0.6 is 0 Å². The lowest BCUT2D eigenvalue weighted by atomic mass is 9.74. The molecule has 2 fully saturated rings. The smallest absolute Gasteiger partial charge is 0.229 e. The largest absolute Gasteiger partial charge is 0.339 e. The molecule has 2 saturated heterocycles. The maximum atomic E-state index is 12.3. The first-order chi connectivity index (χ1) is 7.17. The third-order valence-electron chi connectivity index (χ3n) is 4.03. The second-order valence-electron chi connectivity index (χ2n) is 5.24. The van der Waals surface area contributed by atoms with Crippen LogP contribution in [0.3, 0.4) is 0 Å². The number of amides is 1. The van der Waals surface area contributed by atoms with E-state index in [0.717, 1.165) is 19.4 Å². The fourth-order valence-corrected chi connectivity index (χ4v) is 3.01. The van der Waals surface area contributed by atoms with E-state index in [1.165, 1.54) is 25.7 Å². The molecule has 0 radical (unpaired) electrons. The van der Waals surface area contributed by atoms with Crippen LogP contribution in [-0.4, -0.2) is 23.4 Å². The average Bonchev–Trinajstić information content (AvgIpc) is 2.25. The van der Waals surface area contributed by atoms with Gasteiger partial charge in [0.15, 0.2) is 0 Å². The molecule has 0 N–H and O–H groups in total. The summed E-state index contributed by atoms with van der Waals surface area (Å²) in [7, 11) is 0. The maximum Gasteiger partial charge on any atom is 0.229 e. The topological polar surface area (TPSA) is 20.3 Å². The van der Waals surface area contributed by atoms with Crippen molar-refractivity contribution in [3.05, 3.63) is 12.7 Å². The lowest BCUT2D eigenvalue weighted by molar-refractivity contribution is -0.150. The Morgan fingerprint density at radius 1 is 1.53 bits per heavy atom. The normalized spacial score (nSPS) is 36.2. The third kappa shape index (κ3) is 1.82. The minimum Gasteiger partial charge on any atom is -0.339 e. The highest BCUT2D eigenvalue weighted by atomic mass is 16.2. The van der Waals surface area contributed by atoms with E-state index < -0.39 is 0 Å². The Morgan fingerprint density at radius 3 is 3.07 bits per heavy atom. The summed E-state index contributed by atoms with van der Waals surface area (Å²) in [5, 5.41) is 0. The van der Waals surface area contributed by atoms with Gasteiger partial charge < -0.3 is 4.90 Å². The summed E-state index contributed by atoms with van der Waals surface area (Å²) in [5.41, 5.74) is -0.157. The van der Waals surface area contributed by atoms with Gasteiger partial charge in [-0.3, -0.25) is 4.79 Å². The van der Waals surface area contributed by atoms with Crippen LogP contribution in [0.15, 0.2) is 12.7 Å². The molecule has 0 aromatic rings. The highest BCUT2D eigenvalue weighted by Gasteiger charge is 2.43. The Morgan fingerprint density at radius 2 is 2.33 bits per heavy atom. The number of rotatable bonds is 2. The monoisotopic (exact) mass is 207 g/mol. The molecule has 2 atom stereocenters. The molecule has 2 aliphatic rings. The predicted molar refractivity (Wildman–Crippen MR) is 61.5 cm³/mol. The Hall–Kier alpha value is -0.790. The lowest BCUT2D eigenvalue weighted by Gasteiger charge is -2.46. The van der Waals surface area contributed by atoms with E-state index in [4.69, 9.17) is 0 Å². The lowest BCUT2D eigenvalue weighted by Crippen LogP contribution is -2.54. The number of carbonyl (C=O) groups is 1. The Bertz CT molecular complexity index is 274. The molecule has 2 nitrogen and oxygen atoms in total. The molecular formula is C13H21NO. The van der Waals surface area contributed by atoms with Gasteiger partial charge in [0.25, 0.3) is 0 Å². The number of carbonyl (C=O) groups excluding carboxylic acids is 1. The SMILES string of the molecule is C=CC[C@@]1(C)CC[C@@H]2CCCCN2C1=O. The molecule has 84 valence electrons. The van der Waals surface area contributed by atoms with Crippen LogP contribution in [0, 0.1) is 5.41 Å². The van der Waals surface area contributed by atoms with Gasteiger partial charge in [-0.25, -0.2) is 0 Å². The molecule has 2 rings (SSSR count). The van der Waals surface area contributed by atoms with Gasteiger partial charge >= 0.3 is 0 Å². The second kappa shape index (κ2) is 3.99. The van der Waals surface area contributed by atoms with Gasteiger partial charge in [0.05, 0.1) is 5.41 Å². The summed E-state index contributed by atoms with van der Waals surface area (Å²) < 4.78 is 0. The maximum absolute atomic E-state index is 12.3. The fraction of sp³-hybridized carbons (Fsp3) is 0.769. The van der Waals surface area contributed by atoms with Crippen LogP contribution in [0.2, 0.25) is 0 Å². The number of hydrogen-bond acceptors (Lipinski definition) is 1. The van der Waals surface area contributed by atoms with Gasteiger partial charge in [-0.1, -0.05) is 13.0 Å². The van der Waals surface area contributed by atoms with Crippen LogP contribution in [0.5, 0.6) is 0 Å². The highest BCUT2D eigenvalue weighted by molar-refractivity contribution is 5.83. The quantitative estimate of drug-likeness (QED) is 0.638. The van der Waals surface area contributed by atoms with Gasteiger partial charge in [-0.2, -0.15) is 0 Å². The number of hydrogen-bond donors (Lipinski definition) is 0. The molecule has 15 heavy (non-hydrogen) atoms. The summed E-state index contributed by atoms with van der Waals surface area (Å²) in [4.78, 5) is 14.5. The van der Waals surface area contributed by atoms with Crippen molar-refractivity contribution in [1.82, 2.24) is 4.90 Å². The molecule has 0 aromatic heterocycles. The van der Waals surface area contributed by atoms with E-state index in [-0.39, 0.29) is 5.41 Å². The summed E-state index contributed by atoms with van der Waals surface area (Å²) in [6.45, 7) is 6.85. The van der Waals surface area contributed by atoms with E-state index >= 15 is 0 Å². The number of allylic oxidation sites excluding steroid dienone is 1. The van der Waals surface area contributed by atoms with E-state index in [1.54, 1.807) is 0 Å². The van der Waals surface area contributed by atoms with Crippen LogP contribution in [0.25, 0.3) is 0 Å². The van der Waals surface area contributed by atoms with Gasteiger partial charge in [0.2, 0.25) is 5.91 Å². The minimum absolute atomic E-state index is 0.157. The van der Waals surface area contributed by atoms with E-state index in [0.29, 0.717) is 11.9 Å². The summed E-state index contributed by atoms with van der Waals surface area (Å²) in [6, 6.07) is 0.546. The van der Waals surface area contributed by atoms with Crippen LogP contribution in [0.4, 0.5) is 0 Å². The third-order valence-corrected chi connectivity index (χ3v) is 4.03. The van der Waals surface area contributed by atoms with Crippen LogP contribution in [-0.2, 0) is 4.79 Å². The van der Waals surface area contributed by atoms with Crippen LogP contribution < -0.4 is 0 Å². The molecule has 2 heteroatoms. The molecular weight excluding hydrogens is 186 g/mol. The van der Waals surface area contributed by atoms with Crippen molar-refractivity contribution in [3.63, 3.8) is 0 Å². The van der Waals surface area contributed by atoms with Crippen molar-refractivity contribution in [2.45, 2.75) is 51.5 Å². The van der Waals surface area contributed by atoms with Crippen molar-refractivity contribution in [2.75, 3.05) is 6.54 Å². The molecule has 1 amide bonds. The van der Waals surface area contributed by atoms with Crippen molar-refractivity contribution in [3.8, 4) is 0 Å². The Kier molecular flexibility index (Phi) is 2.85. The van der Waals surface area contributed by atoms with Gasteiger partial charge in [0.1, 0.15) is 0 Å². The zero-order chi connectivity index (χ0) is 10.9. The number of piperidine rings is 2.